The van der Waals surface area contributed by atoms with Crippen molar-refractivity contribution in [1.82, 2.24) is 9.80 Å². The Bertz CT molecular complexity index is 709. The number of likely N-dealkylation sites (tertiary alicyclic amines) is 1. The van der Waals surface area contributed by atoms with E-state index in [-0.39, 0.29) is 30.4 Å². The summed E-state index contributed by atoms with van der Waals surface area (Å²) in [7, 11) is 1.82. The van der Waals surface area contributed by atoms with Gasteiger partial charge in [-0.15, -0.1) is 0 Å². The van der Waals surface area contributed by atoms with Gasteiger partial charge in [0.25, 0.3) is 0 Å². The molecule has 1 fully saturated rings. The summed E-state index contributed by atoms with van der Waals surface area (Å²) < 4.78 is 0. The van der Waals surface area contributed by atoms with Crippen LogP contribution < -0.4 is 5.73 Å². The number of nitrogens with zero attached hydrogens (tertiary/aromatic N) is 2. The summed E-state index contributed by atoms with van der Waals surface area (Å²) in [5.74, 6) is -0.364. The number of likely N-dealkylation sites (N-methyl/N-ethyl adjacent to an activating group) is 1. The molecule has 26 heavy (non-hydrogen) atoms. The molecule has 0 bridgehead atoms. The van der Waals surface area contributed by atoms with Crippen molar-refractivity contribution >= 4 is 11.8 Å². The van der Waals surface area contributed by atoms with E-state index in [9.17, 15) is 9.59 Å². The first-order valence-corrected chi connectivity index (χ1v) is 8.97. The topological polar surface area (TPSA) is 66.6 Å². The second-order valence-corrected chi connectivity index (χ2v) is 6.76. The first-order chi connectivity index (χ1) is 12.6. The second kappa shape index (κ2) is 8.15. The lowest BCUT2D eigenvalue weighted by Crippen LogP contribution is -2.46. The fourth-order valence-electron chi connectivity index (χ4n) is 3.68. The first kappa shape index (κ1) is 18.1. The highest BCUT2D eigenvalue weighted by Crippen LogP contribution is 2.28. The van der Waals surface area contributed by atoms with Crippen LogP contribution in [0.15, 0.2) is 60.7 Å². The van der Waals surface area contributed by atoms with Gasteiger partial charge in [-0.2, -0.15) is 0 Å². The lowest BCUT2D eigenvalue weighted by Gasteiger charge is -2.31. The number of hydrogen-bond donors (Lipinski definition) is 1. The molecule has 0 radical (unpaired) electrons. The van der Waals surface area contributed by atoms with E-state index < -0.39 is 0 Å². The van der Waals surface area contributed by atoms with Crippen LogP contribution >= 0.6 is 0 Å². The maximum Gasteiger partial charge on any atom is 0.237 e. The third-order valence-corrected chi connectivity index (χ3v) is 5.04. The van der Waals surface area contributed by atoms with Crippen LogP contribution in [0, 0.1) is 0 Å². The molecular weight excluding hydrogens is 326 g/mol. The zero-order chi connectivity index (χ0) is 18.5. The molecule has 136 valence electrons. The molecule has 0 aliphatic carbocycles. The summed E-state index contributed by atoms with van der Waals surface area (Å²) in [5.41, 5.74) is 7.59. The van der Waals surface area contributed by atoms with Gasteiger partial charge in [0.2, 0.25) is 11.8 Å². The Balaban J connectivity index is 1.82. The van der Waals surface area contributed by atoms with Crippen LogP contribution in [-0.2, 0) is 9.59 Å². The van der Waals surface area contributed by atoms with Gasteiger partial charge in [0, 0.05) is 7.05 Å². The summed E-state index contributed by atoms with van der Waals surface area (Å²) in [5, 5.41) is 0. The van der Waals surface area contributed by atoms with Crippen LogP contribution in [-0.4, -0.2) is 47.8 Å². The summed E-state index contributed by atoms with van der Waals surface area (Å²) in [6, 6.07) is 19.5. The molecule has 3 rings (SSSR count). The second-order valence-electron chi connectivity index (χ2n) is 6.76. The summed E-state index contributed by atoms with van der Waals surface area (Å²) in [6.45, 7) is 0.939. The van der Waals surface area contributed by atoms with E-state index in [1.54, 1.807) is 4.90 Å². The van der Waals surface area contributed by atoms with Crippen LogP contribution in [0.3, 0.4) is 0 Å². The van der Waals surface area contributed by atoms with Crippen molar-refractivity contribution in [3.63, 3.8) is 0 Å². The number of hydrogen-bond acceptors (Lipinski definition) is 3. The standard InChI is InChI=1S/C21H25N3O2/c1-23(19(25)15-24-14-8-13-18(24)21(22)26)20(16-9-4-2-5-10-16)17-11-6-3-7-12-17/h2-7,9-12,18,20H,8,13-15H2,1H3,(H2,22,26). The maximum absolute atomic E-state index is 13.0. The number of rotatable bonds is 6. The Morgan fingerprint density at radius 3 is 2.12 bits per heavy atom. The molecule has 5 nitrogen and oxygen atoms in total. The first-order valence-electron chi connectivity index (χ1n) is 8.97. The van der Waals surface area contributed by atoms with Gasteiger partial charge in [-0.25, -0.2) is 0 Å². The Labute approximate surface area is 154 Å². The lowest BCUT2D eigenvalue weighted by atomic mass is 9.97. The molecule has 5 heteroatoms. The fourth-order valence-corrected chi connectivity index (χ4v) is 3.68. The van der Waals surface area contributed by atoms with Crippen molar-refractivity contribution in [2.75, 3.05) is 20.1 Å². The number of primary amides is 1. The normalized spacial score (nSPS) is 17.4. The van der Waals surface area contributed by atoms with Gasteiger partial charge in [-0.05, 0) is 30.5 Å². The average molecular weight is 351 g/mol. The van der Waals surface area contributed by atoms with Crippen LogP contribution in [0.4, 0.5) is 0 Å². The van der Waals surface area contributed by atoms with Gasteiger partial charge in [0.1, 0.15) is 0 Å². The van der Waals surface area contributed by atoms with Crippen molar-refractivity contribution in [1.29, 1.82) is 0 Å². The Kier molecular flexibility index (Phi) is 5.68. The van der Waals surface area contributed by atoms with Crippen molar-refractivity contribution < 1.29 is 9.59 Å². The molecule has 0 saturated carbocycles. The van der Waals surface area contributed by atoms with Crippen molar-refractivity contribution in [2.24, 2.45) is 5.73 Å². The number of amides is 2. The summed E-state index contributed by atoms with van der Waals surface area (Å²) in [6.07, 6.45) is 1.62. The van der Waals surface area contributed by atoms with Gasteiger partial charge in [-0.3, -0.25) is 14.5 Å². The number of carbonyl (C=O) groups excluding carboxylic acids is 2. The molecule has 1 aliphatic rings. The SMILES string of the molecule is CN(C(=O)CN1CCCC1C(N)=O)C(c1ccccc1)c1ccccc1. The van der Waals surface area contributed by atoms with E-state index in [1.807, 2.05) is 72.6 Å². The minimum Gasteiger partial charge on any atom is -0.368 e. The molecule has 2 aromatic rings. The van der Waals surface area contributed by atoms with Gasteiger partial charge in [0.05, 0.1) is 18.6 Å². The van der Waals surface area contributed by atoms with E-state index in [1.165, 1.54) is 0 Å². The van der Waals surface area contributed by atoms with E-state index in [0.29, 0.717) is 0 Å². The van der Waals surface area contributed by atoms with Crippen molar-refractivity contribution in [2.45, 2.75) is 24.9 Å². The third kappa shape index (κ3) is 3.94. The molecule has 1 unspecified atom stereocenters. The molecule has 2 N–H and O–H groups in total. The molecular formula is C21H25N3O2. The highest BCUT2D eigenvalue weighted by molar-refractivity contribution is 5.83. The van der Waals surface area contributed by atoms with Crippen LogP contribution in [0.2, 0.25) is 0 Å². The smallest absolute Gasteiger partial charge is 0.237 e. The molecule has 1 atom stereocenters. The Morgan fingerprint density at radius 2 is 1.62 bits per heavy atom. The van der Waals surface area contributed by atoms with Crippen molar-refractivity contribution in [3.05, 3.63) is 71.8 Å². The molecule has 2 amide bonds. The largest absolute Gasteiger partial charge is 0.368 e. The average Bonchev–Trinajstić information content (AvgIpc) is 3.12. The molecule has 2 aromatic carbocycles. The van der Waals surface area contributed by atoms with Gasteiger partial charge in [-0.1, -0.05) is 60.7 Å². The summed E-state index contributed by atoms with van der Waals surface area (Å²) >= 11 is 0. The quantitative estimate of drug-likeness (QED) is 0.867. The van der Waals surface area contributed by atoms with E-state index in [4.69, 9.17) is 5.73 Å². The predicted octanol–water partition coefficient (Wildman–Crippen LogP) is 2.18. The minimum atomic E-state index is -0.347. The lowest BCUT2D eigenvalue weighted by molar-refractivity contribution is -0.133. The summed E-state index contributed by atoms with van der Waals surface area (Å²) in [4.78, 5) is 28.2. The van der Waals surface area contributed by atoms with Gasteiger partial charge in [0.15, 0.2) is 0 Å². The monoisotopic (exact) mass is 351 g/mol. The highest BCUT2D eigenvalue weighted by Gasteiger charge is 2.32. The zero-order valence-corrected chi connectivity index (χ0v) is 15.0. The third-order valence-electron chi connectivity index (χ3n) is 5.04. The molecule has 1 aliphatic heterocycles. The van der Waals surface area contributed by atoms with E-state index >= 15 is 0 Å². The van der Waals surface area contributed by atoms with Crippen LogP contribution in [0.25, 0.3) is 0 Å². The Morgan fingerprint density at radius 1 is 1.08 bits per heavy atom. The van der Waals surface area contributed by atoms with Crippen LogP contribution in [0.1, 0.15) is 30.0 Å². The molecule has 1 saturated heterocycles. The number of benzene rings is 2. The fraction of sp³-hybridized carbons (Fsp3) is 0.333. The molecule has 1 heterocycles. The van der Waals surface area contributed by atoms with E-state index in [0.717, 1.165) is 30.5 Å². The highest BCUT2D eigenvalue weighted by atomic mass is 16.2. The molecule has 0 aromatic heterocycles. The Hall–Kier alpha value is -2.66. The zero-order valence-electron chi connectivity index (χ0n) is 15.0. The number of nitrogens with two attached hydrogens (primary N) is 1. The van der Waals surface area contributed by atoms with Crippen molar-refractivity contribution in [3.8, 4) is 0 Å². The molecule has 0 spiro atoms. The number of carbonyl (C=O) groups is 2. The maximum atomic E-state index is 13.0. The van der Waals surface area contributed by atoms with Crippen LogP contribution in [0.5, 0.6) is 0 Å². The minimum absolute atomic E-state index is 0.0177. The predicted molar refractivity (Wildman–Crippen MR) is 101 cm³/mol. The van der Waals surface area contributed by atoms with Gasteiger partial charge >= 0.3 is 0 Å². The van der Waals surface area contributed by atoms with E-state index in [2.05, 4.69) is 0 Å². The van der Waals surface area contributed by atoms with Gasteiger partial charge < -0.3 is 10.6 Å².